The van der Waals surface area contributed by atoms with E-state index in [1.807, 2.05) is 37.4 Å². The van der Waals surface area contributed by atoms with Gasteiger partial charge in [0.2, 0.25) is 11.8 Å². The molecule has 0 aliphatic carbocycles. The van der Waals surface area contributed by atoms with Gasteiger partial charge >= 0.3 is 5.97 Å². The quantitative estimate of drug-likeness (QED) is 0.307. The molecule has 0 heterocycles. The van der Waals surface area contributed by atoms with Crippen LogP contribution in [-0.2, 0) is 16.1 Å². The lowest BCUT2D eigenvalue weighted by Gasteiger charge is -2.22. The van der Waals surface area contributed by atoms with Gasteiger partial charge in [-0.25, -0.2) is 4.79 Å². The van der Waals surface area contributed by atoms with Crippen LogP contribution in [-0.4, -0.2) is 65.9 Å². The Morgan fingerprint density at radius 3 is 2.14 bits per heavy atom. The number of hydrogen-bond donors (Lipinski definition) is 3. The van der Waals surface area contributed by atoms with Gasteiger partial charge in [0.05, 0.1) is 18.7 Å². The summed E-state index contributed by atoms with van der Waals surface area (Å²) in [5.74, 6) is -0.316. The molecule has 3 aromatic rings. The summed E-state index contributed by atoms with van der Waals surface area (Å²) in [5, 5.41) is 11.9. The Morgan fingerprint density at radius 2 is 1.51 bits per heavy atom. The number of ether oxygens (including phenoxy) is 1. The molecule has 0 aliphatic heterocycles. The van der Waals surface area contributed by atoms with E-state index in [4.69, 9.17) is 15.6 Å². The summed E-state index contributed by atoms with van der Waals surface area (Å²) < 4.78 is 5.76. The maximum atomic E-state index is 12.6. The van der Waals surface area contributed by atoms with Crippen molar-refractivity contribution < 1.29 is 24.2 Å². The van der Waals surface area contributed by atoms with Crippen LogP contribution in [0.5, 0.6) is 11.5 Å². The number of nitrogens with two attached hydrogens (primary N) is 1. The fourth-order valence-corrected chi connectivity index (χ4v) is 3.78. The van der Waals surface area contributed by atoms with Crippen molar-refractivity contribution in [2.24, 2.45) is 5.73 Å². The van der Waals surface area contributed by atoms with E-state index in [0.29, 0.717) is 24.5 Å². The minimum absolute atomic E-state index is 0.0162. The molecule has 9 nitrogen and oxygen atoms in total. The van der Waals surface area contributed by atoms with Crippen molar-refractivity contribution in [3.05, 3.63) is 90.0 Å². The lowest BCUT2D eigenvalue weighted by atomic mass is 10.1. The highest BCUT2D eigenvalue weighted by Crippen LogP contribution is 2.22. The van der Waals surface area contributed by atoms with Crippen LogP contribution in [0.2, 0.25) is 0 Å². The number of benzene rings is 3. The highest BCUT2D eigenvalue weighted by atomic mass is 16.5. The topological polar surface area (TPSA) is 125 Å². The van der Waals surface area contributed by atoms with Crippen molar-refractivity contribution in [1.29, 1.82) is 0 Å². The number of amides is 2. The predicted octanol–water partition coefficient (Wildman–Crippen LogP) is 3.43. The third-order valence-electron chi connectivity index (χ3n) is 5.53. The Hall–Kier alpha value is -4.21. The summed E-state index contributed by atoms with van der Waals surface area (Å²) in [6.07, 6.45) is 0.718. The molecule has 3 rings (SSSR count). The van der Waals surface area contributed by atoms with Crippen molar-refractivity contribution in [2.75, 3.05) is 38.5 Å². The van der Waals surface area contributed by atoms with Crippen LogP contribution in [0, 0.1) is 0 Å². The molecule has 0 radical (unpaired) electrons. The third kappa shape index (κ3) is 9.75. The van der Waals surface area contributed by atoms with Crippen molar-refractivity contribution >= 4 is 23.5 Å². The largest absolute Gasteiger partial charge is 0.478 e. The maximum absolute atomic E-state index is 12.6. The number of nitrogens with one attached hydrogen (secondary N) is 1. The Morgan fingerprint density at radius 1 is 0.865 bits per heavy atom. The van der Waals surface area contributed by atoms with E-state index >= 15 is 0 Å². The Kier molecular flexibility index (Phi) is 10.2. The fraction of sp³-hybridized carbons (Fsp3) is 0.250. The number of carboxylic acids is 1. The van der Waals surface area contributed by atoms with Crippen LogP contribution in [0.25, 0.3) is 0 Å². The molecule has 9 heteroatoms. The zero-order valence-corrected chi connectivity index (χ0v) is 20.8. The molecule has 0 fully saturated rings. The van der Waals surface area contributed by atoms with Crippen molar-refractivity contribution in [3.63, 3.8) is 0 Å². The van der Waals surface area contributed by atoms with Crippen LogP contribution in [0.15, 0.2) is 78.9 Å². The third-order valence-corrected chi connectivity index (χ3v) is 5.53. The number of carbonyl (C=O) groups excluding carboxylic acids is 2. The fourth-order valence-electron chi connectivity index (χ4n) is 3.78. The first-order chi connectivity index (χ1) is 17.8. The number of rotatable bonds is 14. The van der Waals surface area contributed by atoms with Crippen LogP contribution >= 0.6 is 0 Å². The van der Waals surface area contributed by atoms with Gasteiger partial charge in [-0.3, -0.25) is 14.5 Å². The average Bonchev–Trinajstić information content (AvgIpc) is 2.86. The molecule has 194 valence electrons. The maximum Gasteiger partial charge on any atom is 0.335 e. The molecule has 0 bridgehead atoms. The van der Waals surface area contributed by atoms with E-state index < -0.39 is 11.9 Å². The van der Waals surface area contributed by atoms with Gasteiger partial charge in [-0.15, -0.1) is 0 Å². The number of aromatic carboxylic acids is 1. The Labute approximate surface area is 216 Å². The molecule has 0 atom stereocenters. The molecule has 2 amide bonds. The van der Waals surface area contributed by atoms with E-state index in [-0.39, 0.29) is 24.6 Å². The van der Waals surface area contributed by atoms with Crippen LogP contribution in [0.3, 0.4) is 0 Å². The predicted molar refractivity (Wildman–Crippen MR) is 142 cm³/mol. The lowest BCUT2D eigenvalue weighted by molar-refractivity contribution is -0.121. The minimum Gasteiger partial charge on any atom is -0.478 e. The number of anilines is 1. The molecule has 0 aromatic heterocycles. The SMILES string of the molecule is CN(CCCN(CC(N)=O)CC(=O)Nc1ccc(Oc2ccccc2)cc1)Cc1ccc(C(=O)O)cc1. The smallest absolute Gasteiger partial charge is 0.335 e. The van der Waals surface area contributed by atoms with Gasteiger partial charge in [-0.05, 0) is 74.1 Å². The summed E-state index contributed by atoms with van der Waals surface area (Å²) >= 11 is 0. The zero-order valence-electron chi connectivity index (χ0n) is 20.8. The molecule has 3 aromatic carbocycles. The molecule has 0 saturated carbocycles. The van der Waals surface area contributed by atoms with Crippen molar-refractivity contribution in [1.82, 2.24) is 9.80 Å². The highest BCUT2D eigenvalue weighted by molar-refractivity contribution is 5.92. The standard InChI is InChI=1S/C28H32N4O5/c1-31(18-21-8-10-22(11-9-21)28(35)36)16-5-17-32(19-26(29)33)20-27(34)30-23-12-14-25(15-13-23)37-24-6-3-2-4-7-24/h2-4,6-15H,5,16-20H2,1H3,(H2,29,33)(H,30,34)(H,35,36). The van der Waals surface area contributed by atoms with Gasteiger partial charge in [0, 0.05) is 18.8 Å². The second-order valence-electron chi connectivity index (χ2n) is 8.76. The first-order valence-corrected chi connectivity index (χ1v) is 11.9. The first-order valence-electron chi connectivity index (χ1n) is 11.9. The number of hydrogen-bond acceptors (Lipinski definition) is 6. The molecular formula is C28H32N4O5. The van der Waals surface area contributed by atoms with Gasteiger partial charge in [-0.1, -0.05) is 30.3 Å². The van der Waals surface area contributed by atoms with Crippen LogP contribution in [0.1, 0.15) is 22.3 Å². The van der Waals surface area contributed by atoms with Gasteiger partial charge < -0.3 is 25.8 Å². The minimum atomic E-state index is -0.951. The van der Waals surface area contributed by atoms with E-state index in [9.17, 15) is 14.4 Å². The van der Waals surface area contributed by atoms with Crippen molar-refractivity contribution in [3.8, 4) is 11.5 Å². The van der Waals surface area contributed by atoms with Gasteiger partial charge in [0.1, 0.15) is 11.5 Å². The second-order valence-corrected chi connectivity index (χ2v) is 8.76. The molecule has 0 saturated heterocycles. The molecule has 0 unspecified atom stereocenters. The van der Waals surface area contributed by atoms with Gasteiger partial charge in [-0.2, -0.15) is 0 Å². The molecule has 37 heavy (non-hydrogen) atoms. The molecule has 4 N–H and O–H groups in total. The molecule has 0 spiro atoms. The highest BCUT2D eigenvalue weighted by Gasteiger charge is 2.14. The molecular weight excluding hydrogens is 472 g/mol. The molecule has 0 aliphatic rings. The van der Waals surface area contributed by atoms with Crippen molar-refractivity contribution in [2.45, 2.75) is 13.0 Å². The lowest BCUT2D eigenvalue weighted by Crippen LogP contribution is -2.40. The van der Waals surface area contributed by atoms with Crippen LogP contribution < -0.4 is 15.8 Å². The Bertz CT molecular complexity index is 1170. The van der Waals surface area contributed by atoms with E-state index in [0.717, 1.165) is 24.3 Å². The second kappa shape index (κ2) is 13.8. The number of nitrogens with zero attached hydrogens (tertiary/aromatic N) is 2. The van der Waals surface area contributed by atoms with Gasteiger partial charge in [0.25, 0.3) is 0 Å². The van der Waals surface area contributed by atoms with Gasteiger partial charge in [0.15, 0.2) is 0 Å². The van der Waals surface area contributed by atoms with E-state index in [1.54, 1.807) is 53.4 Å². The summed E-state index contributed by atoms with van der Waals surface area (Å²) in [5.41, 5.74) is 7.27. The Balaban J connectivity index is 1.45. The van der Waals surface area contributed by atoms with E-state index in [1.165, 1.54) is 0 Å². The summed E-state index contributed by atoms with van der Waals surface area (Å²) in [4.78, 5) is 38.9. The number of para-hydroxylation sites is 1. The monoisotopic (exact) mass is 504 g/mol. The number of carboxylic acid groups (broad SMARTS) is 1. The average molecular weight is 505 g/mol. The summed E-state index contributed by atoms with van der Waals surface area (Å²) in [7, 11) is 1.96. The summed E-state index contributed by atoms with van der Waals surface area (Å²) in [6, 6.07) is 23.2. The summed E-state index contributed by atoms with van der Waals surface area (Å²) in [6.45, 7) is 1.91. The zero-order chi connectivity index (χ0) is 26.6. The van der Waals surface area contributed by atoms with E-state index in [2.05, 4.69) is 10.2 Å². The van der Waals surface area contributed by atoms with Crippen LogP contribution in [0.4, 0.5) is 5.69 Å². The number of primary amides is 1. The number of carbonyl (C=O) groups is 3. The normalized spacial score (nSPS) is 10.9. The first kappa shape index (κ1) is 27.4.